The first-order chi connectivity index (χ1) is 19.6. The predicted octanol–water partition coefficient (Wildman–Crippen LogP) is 5.69. The van der Waals surface area contributed by atoms with Crippen LogP contribution in [0, 0.1) is 6.92 Å². The maximum Gasteiger partial charge on any atom is 0.264 e. The number of hydrogen-bond acceptors (Lipinski definition) is 5. The Morgan fingerprint density at radius 1 is 0.976 bits per heavy atom. The van der Waals surface area contributed by atoms with Gasteiger partial charge in [0.2, 0.25) is 11.8 Å². The largest absolute Gasteiger partial charge is 0.492 e. The van der Waals surface area contributed by atoms with Crippen LogP contribution in [0.4, 0.5) is 5.69 Å². The number of para-hydroxylation sites is 2. The van der Waals surface area contributed by atoms with Crippen LogP contribution in [-0.4, -0.2) is 50.9 Å². The maximum atomic E-state index is 14.1. The molecule has 3 aromatic carbocycles. The van der Waals surface area contributed by atoms with E-state index >= 15 is 0 Å². The SMILES string of the molecule is CCCCNC(=O)[C@@H](C)N(Cc1ccc(Br)cc1)C(=O)CN(c1ccccc1OCC)S(=O)(=O)c1ccc(C)cc1. The average molecular weight is 645 g/mol. The summed E-state index contributed by atoms with van der Waals surface area (Å²) in [6.45, 7) is 7.77. The molecule has 0 aromatic heterocycles. The minimum atomic E-state index is -4.18. The third-order valence-electron chi connectivity index (χ3n) is 6.58. The standard InChI is InChI=1S/C31H38BrN3O5S/c1-5-7-20-33-31(37)24(4)34(21-25-14-16-26(32)17-15-25)30(36)22-35(28-10-8-9-11-29(28)40-6-2)41(38,39)27-18-12-23(3)13-19-27/h8-19,24H,5-7,20-22H2,1-4H3,(H,33,37)/t24-/m1/s1. The lowest BCUT2D eigenvalue weighted by molar-refractivity contribution is -0.139. The first-order valence-electron chi connectivity index (χ1n) is 13.7. The molecule has 0 radical (unpaired) electrons. The fraction of sp³-hybridized carbons (Fsp3) is 0.355. The summed E-state index contributed by atoms with van der Waals surface area (Å²) in [5.74, 6) is -0.483. The Balaban J connectivity index is 2.04. The zero-order chi connectivity index (χ0) is 30.0. The zero-order valence-electron chi connectivity index (χ0n) is 24.0. The van der Waals surface area contributed by atoms with Crippen molar-refractivity contribution in [2.75, 3.05) is 24.0 Å². The number of hydrogen-bond donors (Lipinski definition) is 1. The molecule has 0 fully saturated rings. The van der Waals surface area contributed by atoms with Crippen molar-refractivity contribution < 1.29 is 22.7 Å². The molecule has 3 aromatic rings. The Morgan fingerprint density at radius 2 is 1.63 bits per heavy atom. The van der Waals surface area contributed by atoms with Crippen molar-refractivity contribution in [3.05, 3.63) is 88.4 Å². The van der Waals surface area contributed by atoms with Crippen molar-refractivity contribution in [3.63, 3.8) is 0 Å². The lowest BCUT2D eigenvalue weighted by Crippen LogP contribution is -2.51. The summed E-state index contributed by atoms with van der Waals surface area (Å²) < 4.78 is 35.8. The van der Waals surface area contributed by atoms with Crippen LogP contribution in [-0.2, 0) is 26.2 Å². The van der Waals surface area contributed by atoms with Crippen LogP contribution >= 0.6 is 15.9 Å². The molecule has 2 amide bonds. The fourth-order valence-corrected chi connectivity index (χ4v) is 5.89. The summed E-state index contributed by atoms with van der Waals surface area (Å²) >= 11 is 3.42. The number of rotatable bonds is 14. The quantitative estimate of drug-likeness (QED) is 0.228. The number of halogens is 1. The van der Waals surface area contributed by atoms with E-state index in [-0.39, 0.29) is 23.0 Å². The van der Waals surface area contributed by atoms with Gasteiger partial charge in [0.1, 0.15) is 18.3 Å². The van der Waals surface area contributed by atoms with E-state index in [0.717, 1.165) is 32.7 Å². The summed E-state index contributed by atoms with van der Waals surface area (Å²) in [4.78, 5) is 28.6. The van der Waals surface area contributed by atoms with E-state index < -0.39 is 28.5 Å². The monoisotopic (exact) mass is 643 g/mol. The molecule has 10 heteroatoms. The molecule has 0 heterocycles. The van der Waals surface area contributed by atoms with Gasteiger partial charge >= 0.3 is 0 Å². The topological polar surface area (TPSA) is 96.0 Å². The Hall–Kier alpha value is -3.37. The Kier molecular flexibility index (Phi) is 11.8. The third-order valence-corrected chi connectivity index (χ3v) is 8.89. The molecule has 0 aliphatic carbocycles. The van der Waals surface area contributed by atoms with Crippen LogP contribution in [0.5, 0.6) is 5.75 Å². The summed E-state index contributed by atoms with van der Waals surface area (Å²) in [6.07, 6.45) is 1.73. The average Bonchev–Trinajstić information content (AvgIpc) is 2.96. The minimum Gasteiger partial charge on any atom is -0.492 e. The van der Waals surface area contributed by atoms with Gasteiger partial charge in [-0.25, -0.2) is 8.42 Å². The van der Waals surface area contributed by atoms with E-state index in [0.29, 0.717) is 18.9 Å². The van der Waals surface area contributed by atoms with Crippen molar-refractivity contribution in [2.24, 2.45) is 0 Å². The first kappa shape index (κ1) is 32.1. The molecule has 0 unspecified atom stereocenters. The number of unbranched alkanes of at least 4 members (excludes halogenated alkanes) is 1. The highest BCUT2D eigenvalue weighted by molar-refractivity contribution is 9.10. The van der Waals surface area contributed by atoms with Crippen LogP contribution in [0.15, 0.2) is 82.2 Å². The van der Waals surface area contributed by atoms with Crippen molar-refractivity contribution >= 4 is 43.5 Å². The number of carbonyl (C=O) groups excluding carboxylic acids is 2. The second-order valence-electron chi connectivity index (χ2n) is 9.69. The van der Waals surface area contributed by atoms with E-state index in [4.69, 9.17) is 4.74 Å². The number of anilines is 1. The molecule has 1 atom stereocenters. The molecule has 41 heavy (non-hydrogen) atoms. The number of aryl methyl sites for hydroxylation is 1. The van der Waals surface area contributed by atoms with Crippen LogP contribution < -0.4 is 14.4 Å². The van der Waals surface area contributed by atoms with Gasteiger partial charge in [0.05, 0.1) is 17.2 Å². The summed E-state index contributed by atoms with van der Waals surface area (Å²) in [7, 11) is -4.18. The summed E-state index contributed by atoms with van der Waals surface area (Å²) in [5.41, 5.74) is 1.95. The molecule has 8 nitrogen and oxygen atoms in total. The van der Waals surface area contributed by atoms with Gasteiger partial charge in [-0.1, -0.05) is 71.2 Å². The molecule has 3 rings (SSSR count). The number of nitrogens with one attached hydrogen (secondary N) is 1. The lowest BCUT2D eigenvalue weighted by Gasteiger charge is -2.32. The molecule has 0 saturated heterocycles. The smallest absolute Gasteiger partial charge is 0.264 e. The van der Waals surface area contributed by atoms with E-state index in [1.165, 1.54) is 17.0 Å². The number of carbonyl (C=O) groups is 2. The van der Waals surface area contributed by atoms with Crippen molar-refractivity contribution in [2.45, 2.75) is 58.0 Å². The minimum absolute atomic E-state index is 0.0482. The molecule has 0 aliphatic rings. The molecule has 0 spiro atoms. The molecule has 0 saturated carbocycles. The Morgan fingerprint density at radius 3 is 2.27 bits per heavy atom. The highest BCUT2D eigenvalue weighted by Gasteiger charge is 2.33. The number of ether oxygens (including phenoxy) is 1. The maximum absolute atomic E-state index is 14.1. The van der Waals surface area contributed by atoms with Crippen molar-refractivity contribution in [3.8, 4) is 5.75 Å². The Bertz CT molecular complexity index is 1410. The van der Waals surface area contributed by atoms with Gasteiger partial charge in [-0.15, -0.1) is 0 Å². The van der Waals surface area contributed by atoms with Crippen molar-refractivity contribution in [1.29, 1.82) is 0 Å². The highest BCUT2D eigenvalue weighted by atomic mass is 79.9. The van der Waals surface area contributed by atoms with Gasteiger partial charge in [-0.05, 0) is 69.2 Å². The van der Waals surface area contributed by atoms with Crippen LogP contribution in [0.3, 0.4) is 0 Å². The normalized spacial score (nSPS) is 11.9. The summed E-state index contributed by atoms with van der Waals surface area (Å²) in [6, 6.07) is 19.8. The second kappa shape index (κ2) is 15.0. The molecule has 220 valence electrons. The van der Waals surface area contributed by atoms with E-state index in [9.17, 15) is 18.0 Å². The van der Waals surface area contributed by atoms with Gasteiger partial charge in [0, 0.05) is 17.6 Å². The molecular weight excluding hydrogens is 606 g/mol. The predicted molar refractivity (Wildman–Crippen MR) is 165 cm³/mol. The van der Waals surface area contributed by atoms with Gasteiger partial charge in [0.15, 0.2) is 0 Å². The van der Waals surface area contributed by atoms with Crippen molar-refractivity contribution in [1.82, 2.24) is 10.2 Å². The van der Waals surface area contributed by atoms with Gasteiger partial charge in [0.25, 0.3) is 10.0 Å². The highest BCUT2D eigenvalue weighted by Crippen LogP contribution is 2.33. The van der Waals surface area contributed by atoms with Crippen LogP contribution in [0.2, 0.25) is 0 Å². The fourth-order valence-electron chi connectivity index (χ4n) is 4.20. The van der Waals surface area contributed by atoms with E-state index in [2.05, 4.69) is 21.2 Å². The van der Waals surface area contributed by atoms with Gasteiger partial charge in [-0.3, -0.25) is 13.9 Å². The van der Waals surface area contributed by atoms with E-state index in [1.807, 2.05) is 38.1 Å². The molecular formula is C31H38BrN3O5S. The Labute approximate surface area is 251 Å². The van der Waals surface area contributed by atoms with Crippen LogP contribution in [0.1, 0.15) is 44.7 Å². The lowest BCUT2D eigenvalue weighted by atomic mass is 10.1. The second-order valence-corrected chi connectivity index (χ2v) is 12.5. The number of nitrogens with zero attached hydrogens (tertiary/aromatic N) is 2. The third kappa shape index (κ3) is 8.56. The molecule has 0 bridgehead atoms. The number of benzene rings is 3. The number of sulfonamides is 1. The zero-order valence-corrected chi connectivity index (χ0v) is 26.4. The van der Waals surface area contributed by atoms with E-state index in [1.54, 1.807) is 50.2 Å². The van der Waals surface area contributed by atoms with Gasteiger partial charge in [-0.2, -0.15) is 0 Å². The van der Waals surface area contributed by atoms with Crippen LogP contribution in [0.25, 0.3) is 0 Å². The summed E-state index contributed by atoms with van der Waals surface area (Å²) in [5, 5.41) is 2.89. The number of amides is 2. The molecule has 0 aliphatic heterocycles. The molecule has 1 N–H and O–H groups in total. The van der Waals surface area contributed by atoms with Gasteiger partial charge < -0.3 is 15.0 Å². The first-order valence-corrected chi connectivity index (χ1v) is 15.9.